The summed E-state index contributed by atoms with van der Waals surface area (Å²) in [6, 6.07) is 4.07. The molecule has 0 aromatic heterocycles. The summed E-state index contributed by atoms with van der Waals surface area (Å²) in [6.07, 6.45) is 3.13. The van der Waals surface area contributed by atoms with Crippen LogP contribution in [0.15, 0.2) is 18.2 Å². The molecule has 0 bridgehead atoms. The molecule has 1 aliphatic heterocycles. The molecule has 2 fully saturated rings. The van der Waals surface area contributed by atoms with Gasteiger partial charge in [-0.1, -0.05) is 23.7 Å². The molecular formula is C26H39ClF3N3O3. The van der Waals surface area contributed by atoms with Crippen molar-refractivity contribution in [3.63, 3.8) is 0 Å². The Kier molecular flexibility index (Phi) is 10.3. The Morgan fingerprint density at radius 1 is 1.36 bits per heavy atom. The van der Waals surface area contributed by atoms with Crippen LogP contribution in [0.5, 0.6) is 0 Å². The summed E-state index contributed by atoms with van der Waals surface area (Å²) in [7, 11) is 3.37. The van der Waals surface area contributed by atoms with Crippen LogP contribution in [0.3, 0.4) is 0 Å². The van der Waals surface area contributed by atoms with E-state index in [1.54, 1.807) is 31.2 Å². The third-order valence-electron chi connectivity index (χ3n) is 7.53. The number of hydrogen-bond donors (Lipinski definition) is 3. The zero-order valence-corrected chi connectivity index (χ0v) is 21.9. The van der Waals surface area contributed by atoms with Gasteiger partial charge in [0.15, 0.2) is 0 Å². The molecule has 3 rings (SSSR count). The monoisotopic (exact) mass is 533 g/mol. The van der Waals surface area contributed by atoms with Gasteiger partial charge in [0.1, 0.15) is 5.82 Å². The third-order valence-corrected chi connectivity index (χ3v) is 7.82. The lowest BCUT2D eigenvalue weighted by molar-refractivity contribution is -0.113. The molecular weight excluding hydrogens is 495 g/mol. The zero-order chi connectivity index (χ0) is 26.3. The van der Waals surface area contributed by atoms with Crippen LogP contribution in [0.4, 0.5) is 18.0 Å². The highest BCUT2D eigenvalue weighted by Crippen LogP contribution is 2.45. The highest BCUT2D eigenvalue weighted by Gasteiger charge is 2.46. The number of likely N-dealkylation sites (tertiary alicyclic amines) is 1. The molecule has 1 aliphatic carbocycles. The largest absolute Gasteiger partial charge is 0.385 e. The molecule has 204 valence electrons. The average Bonchev–Trinajstić information content (AvgIpc) is 2.82. The van der Waals surface area contributed by atoms with E-state index < -0.39 is 17.3 Å². The molecule has 36 heavy (non-hydrogen) atoms. The van der Waals surface area contributed by atoms with Crippen molar-refractivity contribution in [3.05, 3.63) is 34.6 Å². The van der Waals surface area contributed by atoms with Gasteiger partial charge in [-0.25, -0.2) is 18.0 Å². The second kappa shape index (κ2) is 12.8. The summed E-state index contributed by atoms with van der Waals surface area (Å²) >= 11 is 6.05. The first-order chi connectivity index (χ1) is 17.1. The summed E-state index contributed by atoms with van der Waals surface area (Å²) in [5.74, 6) is -3.74. The van der Waals surface area contributed by atoms with Gasteiger partial charge >= 0.3 is 6.03 Å². The standard InChI is InChI=1S/C26H39ClF3N3O3/c1-31-16-20(13-18-14-25(29,30)15-18)32-24(34)33-11-6-7-19(17-33)26(35,10-3-4-12-36-2)21-8-5-9-22(27)23(21)28/h5,8-9,18-20,31,35H,3-4,6-7,10-17H2,1-2H3,(H,32,34)/t19-,20+,26+/m1/s1. The number of carbonyl (C=O) groups is 1. The van der Waals surface area contributed by atoms with Crippen molar-refractivity contribution in [1.82, 2.24) is 15.5 Å². The first-order valence-electron chi connectivity index (χ1n) is 12.8. The average molecular weight is 534 g/mol. The lowest BCUT2D eigenvalue weighted by Crippen LogP contribution is -2.54. The maximum Gasteiger partial charge on any atom is 0.317 e. The summed E-state index contributed by atoms with van der Waals surface area (Å²) in [5, 5.41) is 17.9. The second-order valence-corrected chi connectivity index (χ2v) is 10.7. The van der Waals surface area contributed by atoms with Crippen molar-refractivity contribution in [1.29, 1.82) is 0 Å². The van der Waals surface area contributed by atoms with Crippen LogP contribution in [0.2, 0.25) is 5.02 Å². The van der Waals surface area contributed by atoms with E-state index in [9.17, 15) is 18.7 Å². The Morgan fingerprint density at radius 3 is 2.78 bits per heavy atom. The number of amides is 2. The van der Waals surface area contributed by atoms with Gasteiger partial charge in [-0.2, -0.15) is 0 Å². The van der Waals surface area contributed by atoms with E-state index in [0.29, 0.717) is 58.2 Å². The third kappa shape index (κ3) is 7.27. The predicted molar refractivity (Wildman–Crippen MR) is 134 cm³/mol. The maximum atomic E-state index is 15.1. The first-order valence-corrected chi connectivity index (χ1v) is 13.2. The predicted octanol–water partition coefficient (Wildman–Crippen LogP) is 4.93. The van der Waals surface area contributed by atoms with Crippen molar-refractivity contribution in [2.24, 2.45) is 11.8 Å². The second-order valence-electron chi connectivity index (χ2n) is 10.3. The van der Waals surface area contributed by atoms with E-state index >= 15 is 4.39 Å². The summed E-state index contributed by atoms with van der Waals surface area (Å²) < 4.78 is 46.8. The Balaban J connectivity index is 1.71. The molecule has 3 N–H and O–H groups in total. The number of ether oxygens (including phenoxy) is 1. The van der Waals surface area contributed by atoms with E-state index in [0.717, 1.165) is 0 Å². The molecule has 2 aliphatic rings. The molecule has 2 amide bonds. The quantitative estimate of drug-likeness (QED) is 0.333. The Hall–Kier alpha value is -1.55. The van der Waals surface area contributed by atoms with E-state index in [-0.39, 0.29) is 53.9 Å². The number of likely N-dealkylation sites (N-methyl/N-ethyl adjacent to an activating group) is 1. The molecule has 0 radical (unpaired) electrons. The molecule has 10 heteroatoms. The van der Waals surface area contributed by atoms with Crippen LogP contribution in [0, 0.1) is 17.7 Å². The number of rotatable bonds is 12. The van der Waals surface area contributed by atoms with Gasteiger partial charge < -0.3 is 25.4 Å². The minimum absolute atomic E-state index is 0.0512. The Morgan fingerprint density at radius 2 is 2.11 bits per heavy atom. The van der Waals surface area contributed by atoms with Crippen LogP contribution in [0.1, 0.15) is 56.9 Å². The van der Waals surface area contributed by atoms with Gasteiger partial charge in [-0.15, -0.1) is 0 Å². The van der Waals surface area contributed by atoms with Crippen LogP contribution in [-0.2, 0) is 10.3 Å². The maximum absolute atomic E-state index is 15.1. The van der Waals surface area contributed by atoms with E-state index in [1.165, 1.54) is 6.07 Å². The minimum Gasteiger partial charge on any atom is -0.385 e. The minimum atomic E-state index is -2.59. The lowest BCUT2D eigenvalue weighted by atomic mass is 9.74. The van der Waals surface area contributed by atoms with Crippen LogP contribution < -0.4 is 10.6 Å². The topological polar surface area (TPSA) is 73.8 Å². The summed E-state index contributed by atoms with van der Waals surface area (Å²) in [5.41, 5.74) is -1.34. The Labute approximate surface area is 216 Å². The fourth-order valence-corrected chi connectivity index (χ4v) is 5.82. The smallest absolute Gasteiger partial charge is 0.317 e. The number of carbonyl (C=O) groups excluding carboxylic acids is 1. The van der Waals surface area contributed by atoms with Gasteiger partial charge in [0.25, 0.3) is 0 Å². The summed E-state index contributed by atoms with van der Waals surface area (Å²) in [4.78, 5) is 14.8. The Bertz CT molecular complexity index is 870. The van der Waals surface area contributed by atoms with Crippen molar-refractivity contribution in [2.45, 2.75) is 68.9 Å². The number of benzene rings is 1. The molecule has 0 unspecified atom stereocenters. The number of nitrogens with one attached hydrogen (secondary N) is 2. The molecule has 3 atom stereocenters. The lowest BCUT2D eigenvalue weighted by Gasteiger charge is -2.43. The van der Waals surface area contributed by atoms with Crippen LogP contribution in [0.25, 0.3) is 0 Å². The number of urea groups is 1. The SMILES string of the molecule is CNC[C@H](CC1CC(F)(F)C1)NC(=O)N1CCC[C@@H]([C@@](O)(CCCCOC)c2cccc(Cl)c2F)C1. The molecule has 1 saturated heterocycles. The molecule has 1 aromatic rings. The number of piperidine rings is 1. The first kappa shape index (κ1) is 29.0. The zero-order valence-electron chi connectivity index (χ0n) is 21.2. The highest BCUT2D eigenvalue weighted by molar-refractivity contribution is 6.30. The number of hydrogen-bond acceptors (Lipinski definition) is 4. The normalized spacial score (nSPS) is 22.5. The van der Waals surface area contributed by atoms with E-state index in [1.807, 2.05) is 0 Å². The van der Waals surface area contributed by atoms with Crippen LogP contribution in [-0.4, -0.2) is 68.4 Å². The number of methoxy groups -OCH3 is 1. The van der Waals surface area contributed by atoms with Crippen molar-refractivity contribution >= 4 is 17.6 Å². The van der Waals surface area contributed by atoms with Gasteiger partial charge in [-0.3, -0.25) is 0 Å². The molecule has 6 nitrogen and oxygen atoms in total. The summed E-state index contributed by atoms with van der Waals surface area (Å²) in [6.45, 7) is 1.77. The van der Waals surface area contributed by atoms with Crippen LogP contribution >= 0.6 is 11.6 Å². The van der Waals surface area contributed by atoms with Gasteiger partial charge in [0.2, 0.25) is 5.92 Å². The van der Waals surface area contributed by atoms with Crippen molar-refractivity contribution in [2.75, 3.05) is 40.4 Å². The van der Waals surface area contributed by atoms with Gasteiger partial charge in [0, 0.05) is 63.7 Å². The number of aliphatic hydroxyl groups is 1. The van der Waals surface area contributed by atoms with Crippen molar-refractivity contribution < 1.29 is 27.8 Å². The van der Waals surface area contributed by atoms with Gasteiger partial charge in [0.05, 0.1) is 10.6 Å². The number of halogens is 4. The fourth-order valence-electron chi connectivity index (χ4n) is 5.65. The molecule has 1 aromatic carbocycles. The number of unbranched alkanes of at least 4 members (excludes halogenated alkanes) is 1. The molecule has 1 heterocycles. The van der Waals surface area contributed by atoms with E-state index in [2.05, 4.69) is 10.6 Å². The molecule has 1 saturated carbocycles. The molecule has 0 spiro atoms. The van der Waals surface area contributed by atoms with E-state index in [4.69, 9.17) is 16.3 Å². The number of alkyl halides is 2. The van der Waals surface area contributed by atoms with Gasteiger partial charge in [-0.05, 0) is 57.6 Å². The number of nitrogens with zero attached hydrogens (tertiary/aromatic N) is 1. The van der Waals surface area contributed by atoms with Crippen molar-refractivity contribution in [3.8, 4) is 0 Å². The fraction of sp³-hybridized carbons (Fsp3) is 0.731. The highest BCUT2D eigenvalue weighted by atomic mass is 35.5.